The van der Waals surface area contributed by atoms with Crippen LogP contribution in [-0.4, -0.2) is 45.1 Å². The van der Waals surface area contributed by atoms with E-state index in [1.807, 2.05) is 41.5 Å². The Kier molecular flexibility index (Phi) is 6.95. The average molecular weight is 400 g/mol. The van der Waals surface area contributed by atoms with Crippen LogP contribution in [0.2, 0.25) is 0 Å². The molecule has 1 aromatic carbocycles. The number of hydrogen-bond donors (Lipinski definition) is 1. The monoisotopic (exact) mass is 400 g/mol. The van der Waals surface area contributed by atoms with Crippen molar-refractivity contribution >= 4 is 17.9 Å². The minimum atomic E-state index is -0.349. The van der Waals surface area contributed by atoms with Gasteiger partial charge in [0.1, 0.15) is 5.82 Å². The van der Waals surface area contributed by atoms with E-state index >= 15 is 0 Å². The number of aromatic nitrogens is 2. The number of nitrogens with zero attached hydrogens (tertiary/aromatic N) is 3. The van der Waals surface area contributed by atoms with E-state index in [4.69, 9.17) is 0 Å². The minimum absolute atomic E-state index is 0.00372. The van der Waals surface area contributed by atoms with Crippen molar-refractivity contribution in [3.05, 3.63) is 53.1 Å². The van der Waals surface area contributed by atoms with Gasteiger partial charge in [-0.1, -0.05) is 0 Å². The van der Waals surface area contributed by atoms with Crippen molar-refractivity contribution in [2.75, 3.05) is 13.1 Å². The molecule has 0 atom stereocenters. The molecule has 0 spiro atoms. The highest BCUT2D eigenvalue weighted by Crippen LogP contribution is 2.19. The lowest BCUT2D eigenvalue weighted by Gasteiger charge is -2.24. The molecule has 29 heavy (non-hydrogen) atoms. The summed E-state index contributed by atoms with van der Waals surface area (Å²) in [5, 5.41) is 7.36. The van der Waals surface area contributed by atoms with E-state index in [0.717, 1.165) is 22.6 Å². The van der Waals surface area contributed by atoms with Crippen molar-refractivity contribution in [2.45, 2.75) is 47.1 Å². The number of nitrogens with one attached hydrogen (secondary N) is 1. The molecule has 1 heterocycles. The Morgan fingerprint density at radius 1 is 1.21 bits per heavy atom. The van der Waals surface area contributed by atoms with Gasteiger partial charge in [-0.2, -0.15) is 5.10 Å². The third kappa shape index (κ3) is 6.01. The van der Waals surface area contributed by atoms with Gasteiger partial charge in [0, 0.05) is 29.4 Å². The van der Waals surface area contributed by atoms with Gasteiger partial charge in [0.15, 0.2) is 0 Å². The zero-order chi connectivity index (χ0) is 21.8. The molecule has 0 bridgehead atoms. The molecule has 0 aliphatic rings. The lowest BCUT2D eigenvalue weighted by molar-refractivity contribution is -0.132. The van der Waals surface area contributed by atoms with Gasteiger partial charge in [0.2, 0.25) is 11.8 Å². The maximum Gasteiger partial charge on any atom is 0.247 e. The highest BCUT2D eigenvalue weighted by Gasteiger charge is 2.18. The van der Waals surface area contributed by atoms with Crippen LogP contribution < -0.4 is 5.32 Å². The van der Waals surface area contributed by atoms with E-state index in [2.05, 4.69) is 10.4 Å². The lowest BCUT2D eigenvalue weighted by atomic mass is 10.1. The SMILES string of the molecule is CCN(CC(=O)NC(C)(C)C)C(=O)/C=C/c1c(C)nn(-c2ccc(F)cc2)c1C. The second kappa shape index (κ2) is 9.03. The fourth-order valence-corrected chi connectivity index (χ4v) is 2.97. The first-order valence-electron chi connectivity index (χ1n) is 9.62. The van der Waals surface area contributed by atoms with Gasteiger partial charge in [0.25, 0.3) is 0 Å². The Bertz CT molecular complexity index is 908. The van der Waals surface area contributed by atoms with E-state index in [1.54, 1.807) is 22.9 Å². The van der Waals surface area contributed by atoms with E-state index in [1.165, 1.54) is 23.1 Å². The number of aryl methyl sites for hydroxylation is 1. The van der Waals surface area contributed by atoms with Crippen LogP contribution in [0.1, 0.15) is 44.6 Å². The summed E-state index contributed by atoms with van der Waals surface area (Å²) in [7, 11) is 0. The largest absolute Gasteiger partial charge is 0.350 e. The predicted molar refractivity (Wildman–Crippen MR) is 112 cm³/mol. The van der Waals surface area contributed by atoms with Crippen LogP contribution in [0.4, 0.5) is 4.39 Å². The third-order valence-corrected chi connectivity index (χ3v) is 4.35. The molecule has 2 rings (SSSR count). The highest BCUT2D eigenvalue weighted by atomic mass is 19.1. The highest BCUT2D eigenvalue weighted by molar-refractivity contribution is 5.94. The quantitative estimate of drug-likeness (QED) is 0.756. The van der Waals surface area contributed by atoms with Crippen molar-refractivity contribution < 1.29 is 14.0 Å². The summed E-state index contributed by atoms with van der Waals surface area (Å²) >= 11 is 0. The molecular weight excluding hydrogens is 371 g/mol. The Balaban J connectivity index is 2.16. The van der Waals surface area contributed by atoms with E-state index < -0.39 is 0 Å². The molecule has 0 radical (unpaired) electrons. The molecule has 1 N–H and O–H groups in total. The molecule has 0 saturated heterocycles. The molecule has 6 nitrogen and oxygen atoms in total. The first-order chi connectivity index (χ1) is 13.5. The van der Waals surface area contributed by atoms with Crippen LogP contribution in [0.25, 0.3) is 11.8 Å². The Labute approximate surface area is 171 Å². The number of carbonyl (C=O) groups is 2. The molecule has 0 saturated carbocycles. The second-order valence-electron chi connectivity index (χ2n) is 7.96. The first-order valence-corrected chi connectivity index (χ1v) is 9.62. The Morgan fingerprint density at radius 2 is 1.83 bits per heavy atom. The van der Waals surface area contributed by atoms with Crippen LogP contribution in [-0.2, 0) is 9.59 Å². The molecule has 0 aliphatic carbocycles. The van der Waals surface area contributed by atoms with Crippen molar-refractivity contribution in [1.29, 1.82) is 0 Å². The summed E-state index contributed by atoms with van der Waals surface area (Å²) in [6.45, 7) is 11.7. The number of carbonyl (C=O) groups excluding carboxylic acids is 2. The zero-order valence-electron chi connectivity index (χ0n) is 17.9. The number of amides is 2. The van der Waals surface area contributed by atoms with Crippen molar-refractivity contribution in [3.63, 3.8) is 0 Å². The van der Waals surface area contributed by atoms with E-state index in [9.17, 15) is 14.0 Å². The fraction of sp³-hybridized carbons (Fsp3) is 0.409. The average Bonchev–Trinajstić information content (AvgIpc) is 2.91. The van der Waals surface area contributed by atoms with Gasteiger partial charge in [-0.25, -0.2) is 9.07 Å². The summed E-state index contributed by atoms with van der Waals surface area (Å²) in [6.07, 6.45) is 3.17. The smallest absolute Gasteiger partial charge is 0.247 e. The van der Waals surface area contributed by atoms with Crippen molar-refractivity contribution in [2.24, 2.45) is 0 Å². The summed E-state index contributed by atoms with van der Waals surface area (Å²) in [5.74, 6) is -0.751. The Hall–Kier alpha value is -2.96. The van der Waals surface area contributed by atoms with Gasteiger partial charge in [0.05, 0.1) is 17.9 Å². The number of rotatable bonds is 6. The minimum Gasteiger partial charge on any atom is -0.350 e. The van der Waals surface area contributed by atoms with Crippen LogP contribution in [0.5, 0.6) is 0 Å². The Morgan fingerprint density at radius 3 is 2.38 bits per heavy atom. The molecule has 0 unspecified atom stereocenters. The lowest BCUT2D eigenvalue weighted by Crippen LogP contribution is -2.47. The standard InChI is InChI=1S/C22H29FN4O2/c1-7-26(14-20(28)24-22(4,5)6)21(29)13-12-19-15(2)25-27(16(19)3)18-10-8-17(23)9-11-18/h8-13H,7,14H2,1-6H3,(H,24,28)/b13-12+. The number of likely N-dealkylation sites (N-methyl/N-ethyl adjacent to an activating group) is 1. The van der Waals surface area contributed by atoms with Crippen LogP contribution in [0.3, 0.4) is 0 Å². The van der Waals surface area contributed by atoms with E-state index in [0.29, 0.717) is 6.54 Å². The van der Waals surface area contributed by atoms with Gasteiger partial charge in [-0.05, 0) is 71.9 Å². The molecule has 7 heteroatoms. The van der Waals surface area contributed by atoms with Crippen LogP contribution in [0, 0.1) is 19.7 Å². The predicted octanol–water partition coefficient (Wildman–Crippen LogP) is 3.40. The number of benzene rings is 1. The summed E-state index contributed by atoms with van der Waals surface area (Å²) in [4.78, 5) is 26.2. The normalized spacial score (nSPS) is 11.7. The second-order valence-corrected chi connectivity index (χ2v) is 7.96. The zero-order valence-corrected chi connectivity index (χ0v) is 17.9. The molecule has 0 fully saturated rings. The number of hydrogen-bond acceptors (Lipinski definition) is 3. The third-order valence-electron chi connectivity index (χ3n) is 4.35. The van der Waals surface area contributed by atoms with Gasteiger partial charge < -0.3 is 10.2 Å². The number of halogens is 1. The van der Waals surface area contributed by atoms with Crippen molar-refractivity contribution in [3.8, 4) is 5.69 Å². The summed E-state index contributed by atoms with van der Waals surface area (Å²) in [6, 6.07) is 6.07. The van der Waals surface area contributed by atoms with Gasteiger partial charge in [-0.3, -0.25) is 9.59 Å². The summed E-state index contributed by atoms with van der Waals surface area (Å²) in [5.41, 5.74) is 2.81. The topological polar surface area (TPSA) is 67.2 Å². The molecular formula is C22H29FN4O2. The van der Waals surface area contributed by atoms with Crippen LogP contribution in [0.15, 0.2) is 30.3 Å². The molecule has 2 amide bonds. The van der Waals surface area contributed by atoms with E-state index in [-0.39, 0.29) is 29.7 Å². The fourth-order valence-electron chi connectivity index (χ4n) is 2.97. The molecule has 0 aliphatic heterocycles. The van der Waals surface area contributed by atoms with Gasteiger partial charge >= 0.3 is 0 Å². The van der Waals surface area contributed by atoms with Crippen LogP contribution >= 0.6 is 0 Å². The van der Waals surface area contributed by atoms with Crippen molar-refractivity contribution in [1.82, 2.24) is 20.0 Å². The molecule has 156 valence electrons. The molecule has 2 aromatic rings. The maximum absolute atomic E-state index is 13.2. The molecule has 1 aromatic heterocycles. The first kappa shape index (κ1) is 22.3. The summed E-state index contributed by atoms with van der Waals surface area (Å²) < 4.78 is 14.9. The van der Waals surface area contributed by atoms with Gasteiger partial charge in [-0.15, -0.1) is 0 Å². The maximum atomic E-state index is 13.2.